The van der Waals surface area contributed by atoms with Crippen molar-refractivity contribution in [2.45, 2.75) is 56.0 Å². The number of ether oxygens (including phenoxy) is 1. The third kappa shape index (κ3) is 6.43. The average Bonchev–Trinajstić information content (AvgIpc) is 3.01. The summed E-state index contributed by atoms with van der Waals surface area (Å²) in [5.74, 6) is 1.04. The lowest BCUT2D eigenvalue weighted by Crippen LogP contribution is -2.52. The summed E-state index contributed by atoms with van der Waals surface area (Å²) in [6, 6.07) is 6.49. The Morgan fingerprint density at radius 1 is 1.00 bits per heavy atom. The van der Waals surface area contributed by atoms with Crippen molar-refractivity contribution in [2.24, 2.45) is 0 Å². The molecule has 11 nitrogen and oxygen atoms in total. The first-order chi connectivity index (χ1) is 20.7. The molecule has 2 aromatic heterocycles. The Morgan fingerprint density at radius 2 is 1.72 bits per heavy atom. The lowest BCUT2D eigenvalue weighted by molar-refractivity contribution is 0.0903. The van der Waals surface area contributed by atoms with Crippen LogP contribution in [-0.2, 0) is 21.0 Å². The van der Waals surface area contributed by atoms with Crippen LogP contribution in [0.5, 0.6) is 0 Å². The quantitative estimate of drug-likeness (QED) is 0.411. The molecule has 1 aromatic carbocycles. The van der Waals surface area contributed by atoms with E-state index < -0.39 is 9.84 Å². The summed E-state index contributed by atoms with van der Waals surface area (Å²) in [7, 11) is -1.34. The summed E-state index contributed by atoms with van der Waals surface area (Å²) in [6.07, 6.45) is 7.52. The minimum absolute atomic E-state index is 0.255. The highest BCUT2D eigenvalue weighted by molar-refractivity contribution is 7.90. The molecule has 6 rings (SSSR count). The second-order valence-electron chi connectivity index (χ2n) is 12.2. The van der Waals surface area contributed by atoms with Crippen LogP contribution in [0.1, 0.15) is 38.3 Å². The first kappa shape index (κ1) is 30.0. The fraction of sp³-hybridized carbons (Fsp3) is 0.581. The van der Waals surface area contributed by atoms with Gasteiger partial charge in [0.25, 0.3) is 0 Å². The summed E-state index contributed by atoms with van der Waals surface area (Å²) in [6.45, 7) is 9.55. The van der Waals surface area contributed by atoms with E-state index in [4.69, 9.17) is 20.4 Å². The average molecular weight is 609 g/mol. The molecule has 0 radical (unpaired) electrons. The summed E-state index contributed by atoms with van der Waals surface area (Å²) >= 11 is 0. The lowest BCUT2D eigenvalue weighted by atomic mass is 10.0. The number of hydrogen-bond acceptors (Lipinski definition) is 11. The molecule has 5 heterocycles. The number of pyridine rings is 1. The van der Waals surface area contributed by atoms with Crippen molar-refractivity contribution in [3.63, 3.8) is 0 Å². The van der Waals surface area contributed by atoms with E-state index in [2.05, 4.69) is 32.0 Å². The molecule has 0 spiro atoms. The van der Waals surface area contributed by atoms with Crippen molar-refractivity contribution in [1.82, 2.24) is 24.8 Å². The number of fused-ring (bicyclic) bond motifs is 1. The Balaban J connectivity index is 1.32. The zero-order valence-electron chi connectivity index (χ0n) is 25.6. The molecule has 3 aromatic rings. The molecule has 0 atom stereocenters. The number of nitrogens with zero attached hydrogens (tertiary/aromatic N) is 6. The van der Waals surface area contributed by atoms with Crippen LogP contribution in [0.2, 0.25) is 0 Å². The summed E-state index contributed by atoms with van der Waals surface area (Å²) in [5.41, 5.74) is 10.5. The number of nitrogens with two attached hydrogens (primary N) is 1. The zero-order chi connectivity index (χ0) is 30.1. The van der Waals surface area contributed by atoms with Gasteiger partial charge in [0.2, 0.25) is 0 Å². The first-order valence-electron chi connectivity index (χ1n) is 15.5. The molecule has 232 valence electrons. The minimum atomic E-state index is -3.52. The monoisotopic (exact) mass is 608 g/mol. The van der Waals surface area contributed by atoms with E-state index in [0.717, 1.165) is 101 Å². The standard InChI is InChI=1S/C31H44N8O3S/c1-4-25-31(34-22-9-17-42-18-10-22)36-28-24(20-33-30(32)29(28)35-25)21-5-6-26(27(19-21)43(3,40)41)39-11-7-23(8-12-39)38-15-13-37(2)14-16-38/h5-6,19-20,22-23H,4,7-18H2,1-3H3,(H2,32,33)(H,34,36). The number of anilines is 3. The molecule has 3 N–H and O–H groups in total. The number of piperidine rings is 1. The van der Waals surface area contributed by atoms with Crippen LogP contribution in [0.15, 0.2) is 29.3 Å². The maximum absolute atomic E-state index is 13.2. The molecule has 0 amide bonds. The molecular formula is C31H44N8O3S. The van der Waals surface area contributed by atoms with E-state index in [0.29, 0.717) is 39.8 Å². The number of rotatable bonds is 7. The number of sulfone groups is 1. The van der Waals surface area contributed by atoms with Crippen molar-refractivity contribution in [2.75, 3.05) is 81.7 Å². The number of aromatic nitrogens is 3. The highest BCUT2D eigenvalue weighted by Crippen LogP contribution is 2.36. The van der Waals surface area contributed by atoms with Crippen LogP contribution < -0.4 is 16.0 Å². The molecular weight excluding hydrogens is 564 g/mol. The fourth-order valence-electron chi connectivity index (χ4n) is 6.60. The summed E-state index contributed by atoms with van der Waals surface area (Å²) in [5, 5.41) is 3.58. The van der Waals surface area contributed by atoms with E-state index in [-0.39, 0.29) is 6.04 Å². The van der Waals surface area contributed by atoms with E-state index in [1.54, 1.807) is 12.3 Å². The Kier molecular flexibility index (Phi) is 8.72. The van der Waals surface area contributed by atoms with Gasteiger partial charge in [-0.2, -0.15) is 0 Å². The van der Waals surface area contributed by atoms with Gasteiger partial charge in [0.15, 0.2) is 15.7 Å². The fourth-order valence-corrected chi connectivity index (χ4v) is 7.52. The highest BCUT2D eigenvalue weighted by Gasteiger charge is 2.29. The second kappa shape index (κ2) is 12.5. The predicted molar refractivity (Wildman–Crippen MR) is 171 cm³/mol. The van der Waals surface area contributed by atoms with Gasteiger partial charge in [0, 0.05) is 82.6 Å². The van der Waals surface area contributed by atoms with Gasteiger partial charge in [-0.1, -0.05) is 13.0 Å². The molecule has 3 saturated heterocycles. The van der Waals surface area contributed by atoms with Gasteiger partial charge in [-0.25, -0.2) is 23.4 Å². The molecule has 3 aliphatic rings. The maximum atomic E-state index is 13.2. The van der Waals surface area contributed by atoms with Crippen molar-refractivity contribution < 1.29 is 13.2 Å². The Hall–Kier alpha value is -3.06. The number of likely N-dealkylation sites (N-methyl/N-ethyl adjacent to an activating group) is 1. The van der Waals surface area contributed by atoms with Gasteiger partial charge in [-0.15, -0.1) is 0 Å². The van der Waals surface area contributed by atoms with Crippen molar-refractivity contribution in [3.8, 4) is 11.1 Å². The van der Waals surface area contributed by atoms with Crippen molar-refractivity contribution >= 4 is 38.2 Å². The number of piperazine rings is 1. The topological polar surface area (TPSA) is 130 Å². The third-order valence-corrected chi connectivity index (χ3v) is 10.4. The molecule has 12 heteroatoms. The van der Waals surface area contributed by atoms with Gasteiger partial charge >= 0.3 is 0 Å². The second-order valence-corrected chi connectivity index (χ2v) is 14.2. The molecule has 3 fully saturated rings. The van der Waals surface area contributed by atoms with Crippen LogP contribution >= 0.6 is 0 Å². The van der Waals surface area contributed by atoms with Gasteiger partial charge in [0.05, 0.1) is 16.3 Å². The SMILES string of the molecule is CCc1nc2c(N)ncc(-c3ccc(N4CCC(N5CCN(C)CC5)CC4)c(S(C)(=O)=O)c3)c2nc1NC1CCOCC1. The largest absolute Gasteiger partial charge is 0.382 e. The van der Waals surface area contributed by atoms with E-state index >= 15 is 0 Å². The van der Waals surface area contributed by atoms with Crippen LogP contribution in [0.25, 0.3) is 22.2 Å². The van der Waals surface area contributed by atoms with E-state index in [1.807, 2.05) is 19.1 Å². The Morgan fingerprint density at radius 3 is 2.40 bits per heavy atom. The van der Waals surface area contributed by atoms with Crippen LogP contribution in [-0.4, -0.2) is 111 Å². The normalized spacial score (nSPS) is 20.1. The zero-order valence-corrected chi connectivity index (χ0v) is 26.4. The van der Waals surface area contributed by atoms with Gasteiger partial charge in [-0.05, 0) is 56.8 Å². The van der Waals surface area contributed by atoms with Gasteiger partial charge in [-0.3, -0.25) is 4.90 Å². The number of aryl methyl sites for hydroxylation is 1. The summed E-state index contributed by atoms with van der Waals surface area (Å²) < 4.78 is 31.9. The lowest BCUT2D eigenvalue weighted by Gasteiger charge is -2.42. The maximum Gasteiger partial charge on any atom is 0.177 e. The number of hydrogen-bond donors (Lipinski definition) is 2. The van der Waals surface area contributed by atoms with Gasteiger partial charge in [0.1, 0.15) is 16.9 Å². The van der Waals surface area contributed by atoms with Crippen LogP contribution in [0.3, 0.4) is 0 Å². The minimum Gasteiger partial charge on any atom is -0.382 e. The smallest absolute Gasteiger partial charge is 0.177 e. The molecule has 0 unspecified atom stereocenters. The molecule has 3 aliphatic heterocycles. The number of benzene rings is 1. The first-order valence-corrected chi connectivity index (χ1v) is 17.4. The number of nitrogen functional groups attached to an aromatic ring is 1. The van der Waals surface area contributed by atoms with E-state index in [1.165, 1.54) is 6.26 Å². The van der Waals surface area contributed by atoms with Crippen molar-refractivity contribution in [3.05, 3.63) is 30.1 Å². The predicted octanol–water partition coefficient (Wildman–Crippen LogP) is 3.05. The molecule has 0 bridgehead atoms. The van der Waals surface area contributed by atoms with Crippen LogP contribution in [0.4, 0.5) is 17.3 Å². The van der Waals surface area contributed by atoms with Gasteiger partial charge < -0.3 is 25.6 Å². The van der Waals surface area contributed by atoms with Crippen molar-refractivity contribution in [1.29, 1.82) is 0 Å². The molecule has 43 heavy (non-hydrogen) atoms. The van der Waals surface area contributed by atoms with E-state index in [9.17, 15) is 8.42 Å². The summed E-state index contributed by atoms with van der Waals surface area (Å²) in [4.78, 5) is 21.9. The molecule has 0 saturated carbocycles. The van der Waals surface area contributed by atoms with Crippen LogP contribution in [0, 0.1) is 0 Å². The highest BCUT2D eigenvalue weighted by atomic mass is 32.2. The number of nitrogens with one attached hydrogen (secondary N) is 1. The molecule has 0 aliphatic carbocycles. The Bertz CT molecular complexity index is 1560. The third-order valence-electron chi connectivity index (χ3n) is 9.23. The Labute approximate surface area is 254 Å².